The van der Waals surface area contributed by atoms with Crippen LogP contribution in [0.4, 0.5) is 5.82 Å². The first-order valence-corrected chi connectivity index (χ1v) is 6.11. The Kier molecular flexibility index (Phi) is 2.83. The van der Waals surface area contributed by atoms with Crippen LogP contribution in [0.3, 0.4) is 0 Å². The predicted molar refractivity (Wildman–Crippen MR) is 76.5 cm³/mol. The second kappa shape index (κ2) is 4.65. The van der Waals surface area contributed by atoms with Crippen molar-refractivity contribution in [2.24, 2.45) is 5.73 Å². The molecule has 0 saturated heterocycles. The standard InChI is InChI=1S/C14H13N5O/c1-16-13-14-18-8-11(19(14)7-6-17-13)9-2-4-10(5-3-9)12(15)20/h2-8H,1H3,(H2,15,20)(H,16,17). The highest BCUT2D eigenvalue weighted by atomic mass is 16.1. The fourth-order valence-corrected chi connectivity index (χ4v) is 2.11. The number of anilines is 1. The minimum atomic E-state index is -0.434. The number of imidazole rings is 1. The van der Waals surface area contributed by atoms with Gasteiger partial charge in [0.05, 0.1) is 11.9 Å². The minimum Gasteiger partial charge on any atom is -0.370 e. The van der Waals surface area contributed by atoms with Crippen LogP contribution in [0.25, 0.3) is 16.9 Å². The number of hydrogen-bond acceptors (Lipinski definition) is 4. The van der Waals surface area contributed by atoms with Crippen LogP contribution in [-0.4, -0.2) is 27.3 Å². The molecule has 0 fully saturated rings. The number of nitrogens with one attached hydrogen (secondary N) is 1. The summed E-state index contributed by atoms with van der Waals surface area (Å²) in [6.07, 6.45) is 5.33. The third kappa shape index (κ3) is 1.87. The molecule has 100 valence electrons. The third-order valence-corrected chi connectivity index (χ3v) is 3.13. The molecule has 0 aliphatic heterocycles. The molecule has 2 heterocycles. The Hall–Kier alpha value is -2.89. The van der Waals surface area contributed by atoms with Crippen LogP contribution in [-0.2, 0) is 0 Å². The van der Waals surface area contributed by atoms with E-state index in [4.69, 9.17) is 5.73 Å². The van der Waals surface area contributed by atoms with Gasteiger partial charge in [0, 0.05) is 30.6 Å². The van der Waals surface area contributed by atoms with E-state index < -0.39 is 5.91 Å². The van der Waals surface area contributed by atoms with Crippen LogP contribution in [0.2, 0.25) is 0 Å². The number of amides is 1. The molecule has 6 nitrogen and oxygen atoms in total. The second-order valence-corrected chi connectivity index (χ2v) is 4.30. The van der Waals surface area contributed by atoms with Crippen molar-refractivity contribution in [1.29, 1.82) is 0 Å². The van der Waals surface area contributed by atoms with Gasteiger partial charge in [-0.1, -0.05) is 12.1 Å². The lowest BCUT2D eigenvalue weighted by Crippen LogP contribution is -2.10. The Morgan fingerprint density at radius 2 is 2.00 bits per heavy atom. The number of rotatable bonds is 3. The van der Waals surface area contributed by atoms with Crippen LogP contribution in [0.1, 0.15) is 10.4 Å². The summed E-state index contributed by atoms with van der Waals surface area (Å²) in [7, 11) is 1.80. The molecule has 0 atom stereocenters. The number of primary amides is 1. The molecule has 20 heavy (non-hydrogen) atoms. The molecule has 2 aromatic heterocycles. The van der Waals surface area contributed by atoms with Crippen molar-refractivity contribution in [2.45, 2.75) is 0 Å². The van der Waals surface area contributed by atoms with E-state index in [9.17, 15) is 4.79 Å². The summed E-state index contributed by atoms with van der Waals surface area (Å²) in [4.78, 5) is 19.7. The van der Waals surface area contributed by atoms with Gasteiger partial charge < -0.3 is 11.1 Å². The quantitative estimate of drug-likeness (QED) is 0.753. The zero-order chi connectivity index (χ0) is 14.1. The lowest BCUT2D eigenvalue weighted by Gasteiger charge is -2.04. The maximum absolute atomic E-state index is 11.1. The van der Waals surface area contributed by atoms with Crippen LogP contribution in [0, 0.1) is 0 Å². The Morgan fingerprint density at radius 1 is 1.25 bits per heavy atom. The lowest BCUT2D eigenvalue weighted by atomic mass is 10.1. The topological polar surface area (TPSA) is 85.3 Å². The number of fused-ring (bicyclic) bond motifs is 1. The molecule has 6 heteroatoms. The fraction of sp³-hybridized carbons (Fsp3) is 0.0714. The Labute approximate surface area is 115 Å². The zero-order valence-electron chi connectivity index (χ0n) is 10.9. The van der Waals surface area contributed by atoms with Gasteiger partial charge in [0.25, 0.3) is 0 Å². The molecule has 0 aliphatic carbocycles. The molecule has 0 radical (unpaired) electrons. The van der Waals surface area contributed by atoms with E-state index in [0.717, 1.165) is 16.9 Å². The third-order valence-electron chi connectivity index (χ3n) is 3.13. The van der Waals surface area contributed by atoms with Crippen LogP contribution < -0.4 is 11.1 Å². The average molecular weight is 267 g/mol. The van der Waals surface area contributed by atoms with Crippen molar-refractivity contribution < 1.29 is 4.79 Å². The van der Waals surface area contributed by atoms with E-state index in [1.54, 1.807) is 31.6 Å². The molecule has 0 spiro atoms. The van der Waals surface area contributed by atoms with Crippen LogP contribution in [0.5, 0.6) is 0 Å². The van der Waals surface area contributed by atoms with E-state index in [1.807, 2.05) is 22.7 Å². The summed E-state index contributed by atoms with van der Waals surface area (Å²) < 4.78 is 1.94. The maximum Gasteiger partial charge on any atom is 0.248 e. The van der Waals surface area contributed by atoms with Gasteiger partial charge in [-0.3, -0.25) is 9.20 Å². The summed E-state index contributed by atoms with van der Waals surface area (Å²) >= 11 is 0. The van der Waals surface area contributed by atoms with E-state index in [1.165, 1.54) is 0 Å². The molecule has 0 bridgehead atoms. The van der Waals surface area contributed by atoms with Gasteiger partial charge in [0.15, 0.2) is 11.5 Å². The highest BCUT2D eigenvalue weighted by molar-refractivity contribution is 5.93. The number of carbonyl (C=O) groups is 1. The largest absolute Gasteiger partial charge is 0.370 e. The summed E-state index contributed by atoms with van der Waals surface area (Å²) in [5, 5.41) is 3.00. The predicted octanol–water partition coefficient (Wildman–Crippen LogP) is 1.54. The lowest BCUT2D eigenvalue weighted by molar-refractivity contribution is 0.100. The van der Waals surface area contributed by atoms with Gasteiger partial charge >= 0.3 is 0 Å². The molecule has 0 saturated carbocycles. The van der Waals surface area contributed by atoms with Crippen molar-refractivity contribution in [2.75, 3.05) is 12.4 Å². The number of aromatic nitrogens is 3. The smallest absolute Gasteiger partial charge is 0.248 e. The molecular formula is C14H13N5O. The van der Waals surface area contributed by atoms with Gasteiger partial charge in [-0.05, 0) is 12.1 Å². The molecule has 1 aromatic carbocycles. The van der Waals surface area contributed by atoms with Crippen molar-refractivity contribution in [3.8, 4) is 11.3 Å². The van der Waals surface area contributed by atoms with Gasteiger partial charge in [-0.2, -0.15) is 0 Å². The van der Waals surface area contributed by atoms with Gasteiger partial charge in [-0.25, -0.2) is 9.97 Å². The van der Waals surface area contributed by atoms with Crippen molar-refractivity contribution in [3.05, 3.63) is 48.4 Å². The van der Waals surface area contributed by atoms with Crippen LogP contribution in [0.15, 0.2) is 42.9 Å². The summed E-state index contributed by atoms with van der Waals surface area (Å²) in [6, 6.07) is 7.11. The number of carbonyl (C=O) groups excluding carboxylic acids is 1. The summed E-state index contributed by atoms with van der Waals surface area (Å²) in [5.41, 5.74) is 8.36. The van der Waals surface area contributed by atoms with Gasteiger partial charge in [0.1, 0.15) is 0 Å². The molecule has 3 N–H and O–H groups in total. The molecular weight excluding hydrogens is 254 g/mol. The normalized spacial score (nSPS) is 10.7. The minimum absolute atomic E-state index is 0.434. The van der Waals surface area contributed by atoms with Crippen LogP contribution >= 0.6 is 0 Å². The first kappa shape index (κ1) is 12.2. The molecule has 0 unspecified atom stereocenters. The number of hydrogen-bond donors (Lipinski definition) is 2. The van der Waals surface area contributed by atoms with Crippen molar-refractivity contribution in [1.82, 2.24) is 14.4 Å². The first-order chi connectivity index (χ1) is 9.70. The first-order valence-electron chi connectivity index (χ1n) is 6.11. The van der Waals surface area contributed by atoms with Gasteiger partial charge in [0.2, 0.25) is 5.91 Å². The number of nitrogens with two attached hydrogens (primary N) is 1. The van der Waals surface area contributed by atoms with E-state index in [0.29, 0.717) is 11.4 Å². The SMILES string of the molecule is CNc1nccn2c(-c3ccc(C(N)=O)cc3)cnc12. The molecule has 1 amide bonds. The molecule has 0 aliphatic rings. The average Bonchev–Trinajstić information content (AvgIpc) is 2.91. The van der Waals surface area contributed by atoms with Crippen molar-refractivity contribution in [3.63, 3.8) is 0 Å². The highest BCUT2D eigenvalue weighted by Gasteiger charge is 2.09. The van der Waals surface area contributed by atoms with E-state index in [-0.39, 0.29) is 0 Å². The Morgan fingerprint density at radius 3 is 2.65 bits per heavy atom. The molecule has 3 rings (SSSR count). The van der Waals surface area contributed by atoms with Crippen molar-refractivity contribution >= 4 is 17.4 Å². The van der Waals surface area contributed by atoms with Gasteiger partial charge in [-0.15, -0.1) is 0 Å². The Balaban J connectivity index is 2.12. The second-order valence-electron chi connectivity index (χ2n) is 4.30. The monoisotopic (exact) mass is 267 g/mol. The Bertz CT molecular complexity index is 776. The molecule has 3 aromatic rings. The highest BCUT2D eigenvalue weighted by Crippen LogP contribution is 2.23. The van der Waals surface area contributed by atoms with E-state index >= 15 is 0 Å². The number of benzene rings is 1. The van der Waals surface area contributed by atoms with E-state index in [2.05, 4.69) is 15.3 Å². The summed E-state index contributed by atoms with van der Waals surface area (Å²) in [5.74, 6) is 0.281. The zero-order valence-corrected chi connectivity index (χ0v) is 10.9. The maximum atomic E-state index is 11.1. The number of nitrogens with zero attached hydrogens (tertiary/aromatic N) is 3. The summed E-state index contributed by atoms with van der Waals surface area (Å²) in [6.45, 7) is 0. The fourth-order valence-electron chi connectivity index (χ4n) is 2.11.